The van der Waals surface area contributed by atoms with Crippen LogP contribution in [0.4, 0.5) is 0 Å². The van der Waals surface area contributed by atoms with E-state index in [0.29, 0.717) is 18.1 Å². The highest BCUT2D eigenvalue weighted by molar-refractivity contribution is 5.92. The van der Waals surface area contributed by atoms with Crippen LogP contribution in [0.3, 0.4) is 0 Å². The molecule has 0 spiro atoms. The maximum atomic E-state index is 12.0. The number of rotatable bonds is 7. The molecule has 1 amide bonds. The second-order valence-electron chi connectivity index (χ2n) is 4.24. The van der Waals surface area contributed by atoms with Crippen LogP contribution in [0.25, 0.3) is 0 Å². The number of ether oxygens (including phenoxy) is 1. The molecule has 0 aliphatic rings. The van der Waals surface area contributed by atoms with Crippen molar-refractivity contribution in [2.24, 2.45) is 12.8 Å². The Bertz CT molecular complexity index is 389. The first-order valence-electron chi connectivity index (χ1n) is 6.21. The summed E-state index contributed by atoms with van der Waals surface area (Å²) in [5.74, 6) is 0.346. The van der Waals surface area contributed by atoms with E-state index in [4.69, 9.17) is 10.5 Å². The van der Waals surface area contributed by atoms with Crippen molar-refractivity contribution in [3.63, 3.8) is 0 Å². The van der Waals surface area contributed by atoms with Gasteiger partial charge in [-0.25, -0.2) is 4.68 Å². The number of methoxy groups -OCH3 is 1. The molecule has 3 N–H and O–H groups in total. The van der Waals surface area contributed by atoms with Crippen molar-refractivity contribution >= 4 is 5.91 Å². The summed E-state index contributed by atoms with van der Waals surface area (Å²) in [6.07, 6.45) is 3.03. The molecule has 0 bridgehead atoms. The van der Waals surface area contributed by atoms with Gasteiger partial charge in [-0.05, 0) is 6.42 Å². The molecule has 102 valence electrons. The number of nitrogens with zero attached hydrogens (tertiary/aromatic N) is 2. The van der Waals surface area contributed by atoms with Gasteiger partial charge in [0.15, 0.2) is 5.69 Å². The first kappa shape index (κ1) is 14.5. The number of hydrogen-bond donors (Lipinski definition) is 2. The average Bonchev–Trinajstić information content (AvgIpc) is 2.75. The molecule has 1 atom stereocenters. The summed E-state index contributed by atoms with van der Waals surface area (Å²) in [7, 11) is 3.27. The molecular weight excluding hydrogens is 232 g/mol. The lowest BCUT2D eigenvalue weighted by Gasteiger charge is -2.15. The van der Waals surface area contributed by atoms with Crippen molar-refractivity contribution in [2.75, 3.05) is 13.7 Å². The Labute approximate surface area is 107 Å². The third-order valence-corrected chi connectivity index (χ3v) is 2.80. The predicted octanol–water partition coefficient (Wildman–Crippen LogP) is 0.676. The maximum Gasteiger partial charge on any atom is 0.272 e. The van der Waals surface area contributed by atoms with Crippen molar-refractivity contribution in [1.82, 2.24) is 15.1 Å². The number of amides is 1. The fourth-order valence-electron chi connectivity index (χ4n) is 1.71. The van der Waals surface area contributed by atoms with Gasteiger partial charge in [-0.3, -0.25) is 4.79 Å². The standard InChI is InChI=1S/C12H22N4O2/c1-4-5-6-9(8-13)14-12(17)10-7-11(18-3)16(2)15-10/h7,9H,4-6,8,13H2,1-3H3,(H,14,17). The van der Waals surface area contributed by atoms with Gasteiger partial charge < -0.3 is 15.8 Å². The number of nitrogens with two attached hydrogens (primary N) is 1. The minimum Gasteiger partial charge on any atom is -0.481 e. The minimum absolute atomic E-state index is 0.00505. The van der Waals surface area contributed by atoms with E-state index < -0.39 is 0 Å². The van der Waals surface area contributed by atoms with Crippen LogP contribution in [0.2, 0.25) is 0 Å². The van der Waals surface area contributed by atoms with Crippen molar-refractivity contribution in [2.45, 2.75) is 32.2 Å². The lowest BCUT2D eigenvalue weighted by Crippen LogP contribution is -2.40. The van der Waals surface area contributed by atoms with Gasteiger partial charge >= 0.3 is 0 Å². The van der Waals surface area contributed by atoms with E-state index in [1.807, 2.05) is 0 Å². The van der Waals surface area contributed by atoms with Crippen molar-refractivity contribution in [1.29, 1.82) is 0 Å². The molecule has 0 aliphatic carbocycles. The number of nitrogens with one attached hydrogen (secondary N) is 1. The summed E-state index contributed by atoms with van der Waals surface area (Å²) in [5, 5.41) is 6.97. The fraction of sp³-hybridized carbons (Fsp3) is 0.667. The lowest BCUT2D eigenvalue weighted by molar-refractivity contribution is 0.0930. The van der Waals surface area contributed by atoms with Gasteiger partial charge in [-0.15, -0.1) is 0 Å². The van der Waals surface area contributed by atoms with E-state index >= 15 is 0 Å². The Balaban J connectivity index is 2.62. The van der Waals surface area contributed by atoms with Gasteiger partial charge in [0.25, 0.3) is 5.91 Å². The van der Waals surface area contributed by atoms with Crippen LogP contribution >= 0.6 is 0 Å². The smallest absolute Gasteiger partial charge is 0.272 e. The minimum atomic E-state index is -0.208. The zero-order valence-electron chi connectivity index (χ0n) is 11.3. The van der Waals surface area contributed by atoms with E-state index in [1.54, 1.807) is 20.2 Å². The number of aryl methyl sites for hydroxylation is 1. The molecule has 0 radical (unpaired) electrons. The van der Waals surface area contributed by atoms with E-state index in [-0.39, 0.29) is 11.9 Å². The van der Waals surface area contributed by atoms with E-state index in [0.717, 1.165) is 19.3 Å². The normalized spacial score (nSPS) is 12.2. The Hall–Kier alpha value is -1.56. The van der Waals surface area contributed by atoms with Gasteiger partial charge in [-0.1, -0.05) is 19.8 Å². The molecule has 1 unspecified atom stereocenters. The highest BCUT2D eigenvalue weighted by atomic mass is 16.5. The second-order valence-corrected chi connectivity index (χ2v) is 4.24. The van der Waals surface area contributed by atoms with Crippen LogP contribution in [0, 0.1) is 0 Å². The van der Waals surface area contributed by atoms with Crippen LogP contribution in [0.5, 0.6) is 5.88 Å². The molecule has 6 heteroatoms. The van der Waals surface area contributed by atoms with E-state index in [2.05, 4.69) is 17.3 Å². The van der Waals surface area contributed by atoms with Gasteiger partial charge in [0.05, 0.1) is 7.11 Å². The molecule has 0 aromatic carbocycles. The van der Waals surface area contributed by atoms with Crippen LogP contribution < -0.4 is 15.8 Å². The first-order valence-corrected chi connectivity index (χ1v) is 6.21. The molecule has 1 heterocycles. The topological polar surface area (TPSA) is 82.2 Å². The fourth-order valence-corrected chi connectivity index (χ4v) is 1.71. The summed E-state index contributed by atoms with van der Waals surface area (Å²) >= 11 is 0. The summed E-state index contributed by atoms with van der Waals surface area (Å²) in [6, 6.07) is 1.62. The average molecular weight is 254 g/mol. The molecule has 0 saturated heterocycles. The van der Waals surface area contributed by atoms with Crippen molar-refractivity contribution in [3.05, 3.63) is 11.8 Å². The van der Waals surface area contributed by atoms with Crippen LogP contribution in [0.1, 0.15) is 36.7 Å². The quantitative estimate of drug-likeness (QED) is 0.749. The van der Waals surface area contributed by atoms with Gasteiger partial charge in [0.2, 0.25) is 5.88 Å². The molecule has 18 heavy (non-hydrogen) atoms. The Morgan fingerprint density at radius 1 is 1.67 bits per heavy atom. The summed E-state index contributed by atoms with van der Waals surface area (Å²) in [5.41, 5.74) is 5.99. The third-order valence-electron chi connectivity index (χ3n) is 2.80. The molecule has 1 aromatic heterocycles. The van der Waals surface area contributed by atoms with Crippen LogP contribution in [0.15, 0.2) is 6.07 Å². The molecule has 0 aliphatic heterocycles. The van der Waals surface area contributed by atoms with Gasteiger partial charge in [-0.2, -0.15) is 5.10 Å². The number of unbranched alkanes of at least 4 members (excludes halogenated alkanes) is 1. The highest BCUT2D eigenvalue weighted by Crippen LogP contribution is 2.11. The van der Waals surface area contributed by atoms with Crippen molar-refractivity contribution < 1.29 is 9.53 Å². The zero-order valence-corrected chi connectivity index (χ0v) is 11.3. The van der Waals surface area contributed by atoms with Crippen LogP contribution in [-0.2, 0) is 7.05 Å². The third kappa shape index (κ3) is 3.73. The van der Waals surface area contributed by atoms with Gasteiger partial charge in [0, 0.05) is 25.7 Å². The Morgan fingerprint density at radius 2 is 2.39 bits per heavy atom. The maximum absolute atomic E-state index is 12.0. The lowest BCUT2D eigenvalue weighted by atomic mass is 10.1. The molecule has 0 fully saturated rings. The number of hydrogen-bond acceptors (Lipinski definition) is 4. The number of aromatic nitrogens is 2. The Kier molecular flexibility index (Phi) is 5.64. The second kappa shape index (κ2) is 7.00. The molecule has 0 saturated carbocycles. The largest absolute Gasteiger partial charge is 0.481 e. The Morgan fingerprint density at radius 3 is 2.89 bits per heavy atom. The monoisotopic (exact) mass is 254 g/mol. The summed E-state index contributed by atoms with van der Waals surface area (Å²) in [4.78, 5) is 12.0. The number of carbonyl (C=O) groups is 1. The molecule has 1 rings (SSSR count). The molecular formula is C12H22N4O2. The summed E-state index contributed by atoms with van der Waals surface area (Å²) in [6.45, 7) is 2.55. The highest BCUT2D eigenvalue weighted by Gasteiger charge is 2.16. The van der Waals surface area contributed by atoms with Crippen molar-refractivity contribution in [3.8, 4) is 5.88 Å². The molecule has 6 nitrogen and oxygen atoms in total. The SMILES string of the molecule is CCCCC(CN)NC(=O)c1cc(OC)n(C)n1. The van der Waals surface area contributed by atoms with Crippen LogP contribution in [-0.4, -0.2) is 35.4 Å². The molecule has 1 aromatic rings. The first-order chi connectivity index (χ1) is 8.62. The summed E-state index contributed by atoms with van der Waals surface area (Å²) < 4.78 is 6.59. The van der Waals surface area contributed by atoms with Gasteiger partial charge in [0.1, 0.15) is 0 Å². The van der Waals surface area contributed by atoms with E-state index in [9.17, 15) is 4.79 Å². The number of carbonyl (C=O) groups excluding carboxylic acids is 1. The zero-order chi connectivity index (χ0) is 13.5. The predicted molar refractivity (Wildman–Crippen MR) is 69.6 cm³/mol. The van der Waals surface area contributed by atoms with E-state index in [1.165, 1.54) is 4.68 Å².